The number of fused-ring (bicyclic) bond motifs is 1. The number of aromatic nitrogens is 3. The van der Waals surface area contributed by atoms with E-state index in [1.807, 2.05) is 4.68 Å². The predicted octanol–water partition coefficient (Wildman–Crippen LogP) is 2.01. The van der Waals surface area contributed by atoms with Gasteiger partial charge in [0.05, 0.1) is 12.2 Å². The summed E-state index contributed by atoms with van der Waals surface area (Å²) in [6.45, 7) is 0. The summed E-state index contributed by atoms with van der Waals surface area (Å²) in [6, 6.07) is 9.25. The van der Waals surface area contributed by atoms with Crippen molar-refractivity contribution in [3.63, 3.8) is 0 Å². The molecule has 2 aliphatic carbocycles. The van der Waals surface area contributed by atoms with E-state index in [0.29, 0.717) is 17.8 Å². The molecule has 0 radical (unpaired) electrons. The van der Waals surface area contributed by atoms with Crippen molar-refractivity contribution in [2.24, 2.45) is 5.73 Å². The normalized spacial score (nSPS) is 26.0. The first-order valence-electron chi connectivity index (χ1n) is 9.24. The van der Waals surface area contributed by atoms with E-state index in [1.54, 1.807) is 6.20 Å². The summed E-state index contributed by atoms with van der Waals surface area (Å²) < 4.78 is 1.84. The molecule has 1 saturated carbocycles. The zero-order valence-electron chi connectivity index (χ0n) is 14.4. The maximum atomic E-state index is 12.5. The Balaban J connectivity index is 1.37. The van der Waals surface area contributed by atoms with Gasteiger partial charge in [0.2, 0.25) is 0 Å². The molecule has 0 spiro atoms. The van der Waals surface area contributed by atoms with Crippen molar-refractivity contribution >= 4 is 5.91 Å². The van der Waals surface area contributed by atoms with Crippen LogP contribution in [-0.4, -0.2) is 33.0 Å². The third-order valence-electron chi connectivity index (χ3n) is 5.54. The molecule has 1 aromatic carbocycles. The Hall–Kier alpha value is -2.21. The van der Waals surface area contributed by atoms with Gasteiger partial charge in [0, 0.05) is 12.1 Å². The minimum Gasteiger partial charge on any atom is -0.348 e. The molecule has 4 rings (SSSR count). The second kappa shape index (κ2) is 6.96. The molecule has 6 nitrogen and oxygen atoms in total. The summed E-state index contributed by atoms with van der Waals surface area (Å²) in [5.41, 5.74) is 9.10. The van der Waals surface area contributed by atoms with Crippen molar-refractivity contribution in [2.75, 3.05) is 0 Å². The first-order chi connectivity index (χ1) is 12.2. The highest BCUT2D eigenvalue weighted by molar-refractivity contribution is 5.92. The van der Waals surface area contributed by atoms with Crippen molar-refractivity contribution in [3.8, 4) is 0 Å². The van der Waals surface area contributed by atoms with Crippen molar-refractivity contribution in [1.29, 1.82) is 0 Å². The Bertz CT molecular complexity index is 748. The van der Waals surface area contributed by atoms with Gasteiger partial charge in [-0.3, -0.25) is 4.79 Å². The first kappa shape index (κ1) is 16.3. The fourth-order valence-electron chi connectivity index (χ4n) is 4.01. The molecular weight excluding hydrogens is 314 g/mol. The second-order valence-electron chi connectivity index (χ2n) is 7.33. The Labute approximate surface area is 147 Å². The second-order valence-corrected chi connectivity index (χ2v) is 7.33. The van der Waals surface area contributed by atoms with Crippen LogP contribution in [-0.2, 0) is 12.8 Å². The van der Waals surface area contributed by atoms with Gasteiger partial charge in [-0.25, -0.2) is 4.68 Å². The molecule has 0 aliphatic heterocycles. The van der Waals surface area contributed by atoms with Crippen LogP contribution in [0.3, 0.4) is 0 Å². The SMILES string of the molecule is NC1CCC(n2cc(C(=O)N[C@@H]3CCc4ccccc4C3)nn2)CC1. The van der Waals surface area contributed by atoms with Gasteiger partial charge in [0.25, 0.3) is 5.91 Å². The van der Waals surface area contributed by atoms with E-state index in [1.165, 1.54) is 11.1 Å². The maximum absolute atomic E-state index is 12.5. The van der Waals surface area contributed by atoms with Crippen molar-refractivity contribution < 1.29 is 4.79 Å². The van der Waals surface area contributed by atoms with E-state index in [2.05, 4.69) is 39.9 Å². The van der Waals surface area contributed by atoms with Crippen LogP contribution in [0.25, 0.3) is 0 Å². The fraction of sp³-hybridized carbons (Fsp3) is 0.526. The molecule has 1 amide bonds. The number of benzene rings is 1. The summed E-state index contributed by atoms with van der Waals surface area (Å²) >= 11 is 0. The highest BCUT2D eigenvalue weighted by Gasteiger charge is 2.24. The van der Waals surface area contributed by atoms with Gasteiger partial charge in [-0.05, 0) is 56.1 Å². The minimum atomic E-state index is -0.122. The van der Waals surface area contributed by atoms with Crippen molar-refractivity contribution in [3.05, 3.63) is 47.3 Å². The third kappa shape index (κ3) is 3.58. The van der Waals surface area contributed by atoms with Crippen LogP contribution in [0.2, 0.25) is 0 Å². The van der Waals surface area contributed by atoms with Crippen LogP contribution in [0.5, 0.6) is 0 Å². The van der Waals surface area contributed by atoms with Gasteiger partial charge in [-0.2, -0.15) is 0 Å². The van der Waals surface area contributed by atoms with E-state index in [9.17, 15) is 4.79 Å². The number of carbonyl (C=O) groups excluding carboxylic acids is 1. The molecule has 6 heteroatoms. The number of nitrogens with zero attached hydrogens (tertiary/aromatic N) is 3. The highest BCUT2D eigenvalue weighted by Crippen LogP contribution is 2.27. The molecule has 0 saturated heterocycles. The summed E-state index contributed by atoms with van der Waals surface area (Å²) in [5, 5.41) is 11.4. The van der Waals surface area contributed by atoms with Crippen LogP contribution in [0.15, 0.2) is 30.5 Å². The average molecular weight is 339 g/mol. The molecular formula is C19H25N5O. The van der Waals surface area contributed by atoms with Crippen LogP contribution in [0.1, 0.15) is 59.8 Å². The van der Waals surface area contributed by atoms with Gasteiger partial charge in [-0.15, -0.1) is 5.10 Å². The maximum Gasteiger partial charge on any atom is 0.273 e. The lowest BCUT2D eigenvalue weighted by molar-refractivity contribution is 0.0928. The number of amides is 1. The number of rotatable bonds is 3. The largest absolute Gasteiger partial charge is 0.348 e. The Kier molecular flexibility index (Phi) is 4.53. The van der Waals surface area contributed by atoms with Gasteiger partial charge >= 0.3 is 0 Å². The lowest BCUT2D eigenvalue weighted by Crippen LogP contribution is -2.39. The molecule has 0 unspecified atom stereocenters. The molecule has 0 bridgehead atoms. The minimum absolute atomic E-state index is 0.122. The number of carbonyl (C=O) groups is 1. The topological polar surface area (TPSA) is 85.8 Å². The average Bonchev–Trinajstić information content (AvgIpc) is 3.12. The molecule has 3 N–H and O–H groups in total. The quantitative estimate of drug-likeness (QED) is 0.896. The Morgan fingerprint density at radius 2 is 1.88 bits per heavy atom. The zero-order chi connectivity index (χ0) is 17.2. The van der Waals surface area contributed by atoms with Gasteiger partial charge < -0.3 is 11.1 Å². The molecule has 1 atom stereocenters. The highest BCUT2D eigenvalue weighted by atomic mass is 16.2. The Morgan fingerprint density at radius 3 is 2.68 bits per heavy atom. The van der Waals surface area contributed by atoms with E-state index in [-0.39, 0.29) is 11.9 Å². The molecule has 25 heavy (non-hydrogen) atoms. The number of aryl methyl sites for hydroxylation is 1. The smallest absolute Gasteiger partial charge is 0.273 e. The zero-order valence-corrected chi connectivity index (χ0v) is 14.4. The summed E-state index contributed by atoms with van der Waals surface area (Å²) in [4.78, 5) is 12.5. The Morgan fingerprint density at radius 1 is 1.12 bits per heavy atom. The predicted molar refractivity (Wildman–Crippen MR) is 95.2 cm³/mol. The van der Waals surface area contributed by atoms with E-state index < -0.39 is 0 Å². The third-order valence-corrected chi connectivity index (χ3v) is 5.54. The van der Waals surface area contributed by atoms with E-state index >= 15 is 0 Å². The molecule has 132 valence electrons. The fourth-order valence-corrected chi connectivity index (χ4v) is 4.01. The number of nitrogens with one attached hydrogen (secondary N) is 1. The molecule has 1 heterocycles. The molecule has 2 aromatic rings. The van der Waals surface area contributed by atoms with E-state index in [0.717, 1.165) is 44.9 Å². The van der Waals surface area contributed by atoms with Crippen LogP contribution in [0.4, 0.5) is 0 Å². The lowest BCUT2D eigenvalue weighted by Gasteiger charge is -2.25. The van der Waals surface area contributed by atoms with Crippen LogP contribution in [0, 0.1) is 0 Å². The van der Waals surface area contributed by atoms with Gasteiger partial charge in [0.1, 0.15) is 0 Å². The van der Waals surface area contributed by atoms with E-state index in [4.69, 9.17) is 5.73 Å². The summed E-state index contributed by atoms with van der Waals surface area (Å²) in [6.07, 6.45) is 8.68. The standard InChI is InChI=1S/C19H25N5O/c20-15-6-9-17(10-7-15)24-12-18(22-23-24)19(25)21-16-8-5-13-3-1-2-4-14(13)11-16/h1-4,12,15-17H,5-11,20H2,(H,21,25)/t15?,16-,17?/m1/s1. The van der Waals surface area contributed by atoms with Crippen LogP contribution < -0.4 is 11.1 Å². The number of hydrogen-bond donors (Lipinski definition) is 2. The summed E-state index contributed by atoms with van der Waals surface area (Å²) in [7, 11) is 0. The van der Waals surface area contributed by atoms with Crippen molar-refractivity contribution in [1.82, 2.24) is 20.3 Å². The van der Waals surface area contributed by atoms with Crippen molar-refractivity contribution in [2.45, 2.75) is 63.1 Å². The van der Waals surface area contributed by atoms with Gasteiger partial charge in [0.15, 0.2) is 5.69 Å². The molecule has 1 fully saturated rings. The number of hydrogen-bond acceptors (Lipinski definition) is 4. The molecule has 2 aliphatic rings. The first-order valence-corrected chi connectivity index (χ1v) is 9.24. The molecule has 1 aromatic heterocycles. The monoisotopic (exact) mass is 339 g/mol. The summed E-state index contributed by atoms with van der Waals surface area (Å²) in [5.74, 6) is -0.122. The number of nitrogens with two attached hydrogens (primary N) is 1. The lowest BCUT2D eigenvalue weighted by atomic mass is 9.88. The van der Waals surface area contributed by atoms with Gasteiger partial charge in [-0.1, -0.05) is 29.5 Å². The van der Waals surface area contributed by atoms with Crippen LogP contribution >= 0.6 is 0 Å².